The number of rotatable bonds is 4. The van der Waals surface area contributed by atoms with Gasteiger partial charge in [-0.1, -0.05) is 17.7 Å². The van der Waals surface area contributed by atoms with Gasteiger partial charge in [0.05, 0.1) is 4.92 Å². The van der Waals surface area contributed by atoms with E-state index in [1.807, 2.05) is 32.9 Å². The number of hydrogen-bond donors (Lipinski definition) is 0. The molecule has 0 aliphatic carbocycles. The van der Waals surface area contributed by atoms with E-state index in [-0.39, 0.29) is 17.9 Å². The molecule has 0 aliphatic rings. The zero-order valence-corrected chi connectivity index (χ0v) is 12.1. The second-order valence-electron chi connectivity index (χ2n) is 5.05. The highest BCUT2D eigenvalue weighted by atomic mass is 19.1. The Hall–Kier alpha value is -2.43. The van der Waals surface area contributed by atoms with E-state index in [0.29, 0.717) is 5.75 Å². The third-order valence-corrected chi connectivity index (χ3v) is 3.22. The summed E-state index contributed by atoms with van der Waals surface area (Å²) in [4.78, 5) is 10.2. The van der Waals surface area contributed by atoms with E-state index >= 15 is 0 Å². The summed E-state index contributed by atoms with van der Waals surface area (Å²) in [6.45, 7) is 5.78. The average Bonchev–Trinajstić information content (AvgIpc) is 2.39. The van der Waals surface area contributed by atoms with Crippen LogP contribution in [0.2, 0.25) is 0 Å². The fourth-order valence-electron chi connectivity index (χ4n) is 2.33. The lowest BCUT2D eigenvalue weighted by molar-refractivity contribution is -0.385. The summed E-state index contributed by atoms with van der Waals surface area (Å²) >= 11 is 0. The van der Waals surface area contributed by atoms with Gasteiger partial charge in [-0.15, -0.1) is 0 Å². The van der Waals surface area contributed by atoms with Crippen molar-refractivity contribution in [3.8, 4) is 5.75 Å². The second-order valence-corrected chi connectivity index (χ2v) is 5.05. The quantitative estimate of drug-likeness (QED) is 0.625. The molecule has 0 N–H and O–H groups in total. The Bertz CT molecular complexity index is 675. The van der Waals surface area contributed by atoms with Gasteiger partial charge in [-0.2, -0.15) is 0 Å². The topological polar surface area (TPSA) is 52.4 Å². The molecular weight excluding hydrogens is 273 g/mol. The number of ether oxygens (including phenoxy) is 1. The lowest BCUT2D eigenvalue weighted by Gasteiger charge is -2.13. The van der Waals surface area contributed by atoms with Crippen molar-refractivity contribution < 1.29 is 14.1 Å². The van der Waals surface area contributed by atoms with Crippen molar-refractivity contribution in [1.82, 2.24) is 0 Å². The van der Waals surface area contributed by atoms with Crippen LogP contribution in [0, 0.1) is 36.7 Å². The highest BCUT2D eigenvalue weighted by Gasteiger charge is 2.12. The minimum atomic E-state index is -0.550. The summed E-state index contributed by atoms with van der Waals surface area (Å²) < 4.78 is 19.4. The van der Waals surface area contributed by atoms with E-state index in [0.717, 1.165) is 28.8 Å². The van der Waals surface area contributed by atoms with Crippen LogP contribution in [0.5, 0.6) is 5.75 Å². The molecule has 0 amide bonds. The van der Waals surface area contributed by atoms with E-state index in [9.17, 15) is 14.5 Å². The maximum Gasteiger partial charge on any atom is 0.270 e. The monoisotopic (exact) mass is 289 g/mol. The summed E-state index contributed by atoms with van der Waals surface area (Å²) in [5, 5.41) is 10.7. The van der Waals surface area contributed by atoms with E-state index in [1.165, 1.54) is 6.07 Å². The van der Waals surface area contributed by atoms with Gasteiger partial charge in [0.15, 0.2) is 0 Å². The zero-order chi connectivity index (χ0) is 15.6. The molecule has 0 aromatic heterocycles. The average molecular weight is 289 g/mol. The van der Waals surface area contributed by atoms with Crippen LogP contribution >= 0.6 is 0 Å². The van der Waals surface area contributed by atoms with Crippen LogP contribution in [0.1, 0.15) is 22.3 Å². The lowest BCUT2D eigenvalue weighted by atomic mass is 10.1. The molecule has 2 rings (SSSR count). The molecule has 2 aromatic carbocycles. The van der Waals surface area contributed by atoms with Crippen LogP contribution in [-0.4, -0.2) is 4.92 Å². The smallest absolute Gasteiger partial charge is 0.270 e. The van der Waals surface area contributed by atoms with E-state index < -0.39 is 10.7 Å². The molecule has 0 saturated heterocycles. The molecule has 0 unspecified atom stereocenters. The van der Waals surface area contributed by atoms with Gasteiger partial charge in [-0.05, 0) is 38.0 Å². The van der Waals surface area contributed by atoms with Crippen LogP contribution in [0.25, 0.3) is 0 Å². The number of benzene rings is 2. The largest absolute Gasteiger partial charge is 0.488 e. The maximum absolute atomic E-state index is 13.7. The maximum atomic E-state index is 13.7. The highest BCUT2D eigenvalue weighted by molar-refractivity contribution is 5.43. The number of aryl methyl sites for hydroxylation is 3. The molecule has 0 atom stereocenters. The number of halogens is 1. The minimum Gasteiger partial charge on any atom is -0.488 e. The van der Waals surface area contributed by atoms with Gasteiger partial charge in [0.1, 0.15) is 18.2 Å². The Kier molecular flexibility index (Phi) is 4.21. The van der Waals surface area contributed by atoms with Crippen molar-refractivity contribution in [2.75, 3.05) is 0 Å². The molecule has 5 heteroatoms. The van der Waals surface area contributed by atoms with E-state index in [2.05, 4.69) is 0 Å². The van der Waals surface area contributed by atoms with Crippen LogP contribution in [0.3, 0.4) is 0 Å². The Labute approximate surface area is 122 Å². The van der Waals surface area contributed by atoms with Crippen molar-refractivity contribution >= 4 is 5.69 Å². The SMILES string of the molecule is Cc1cc(C)c(OCc2cc([N+](=O)[O-])ccc2F)c(C)c1. The van der Waals surface area contributed by atoms with Gasteiger partial charge >= 0.3 is 0 Å². The molecule has 110 valence electrons. The normalized spacial score (nSPS) is 10.5. The molecule has 0 saturated carbocycles. The summed E-state index contributed by atoms with van der Waals surface area (Å²) in [5.74, 6) is 0.175. The second kappa shape index (κ2) is 5.91. The van der Waals surface area contributed by atoms with E-state index in [4.69, 9.17) is 4.74 Å². The first-order chi connectivity index (χ1) is 9.88. The molecular formula is C16H16FNO3. The summed E-state index contributed by atoms with van der Waals surface area (Å²) in [5.41, 5.74) is 3.06. The summed E-state index contributed by atoms with van der Waals surface area (Å²) in [6, 6.07) is 7.39. The van der Waals surface area contributed by atoms with Crippen molar-refractivity contribution in [3.05, 3.63) is 68.5 Å². The number of nitrogens with zero attached hydrogens (tertiary/aromatic N) is 1. The molecule has 0 spiro atoms. The number of hydrogen-bond acceptors (Lipinski definition) is 3. The Morgan fingerprint density at radius 1 is 1.14 bits per heavy atom. The van der Waals surface area contributed by atoms with Crippen LogP contribution < -0.4 is 4.74 Å². The molecule has 0 aliphatic heterocycles. The van der Waals surface area contributed by atoms with Crippen LogP contribution in [0.4, 0.5) is 10.1 Å². The predicted octanol–water partition coefficient (Wildman–Crippen LogP) is 4.24. The fourth-order valence-corrected chi connectivity index (χ4v) is 2.33. The van der Waals surface area contributed by atoms with Crippen molar-refractivity contribution in [1.29, 1.82) is 0 Å². The summed E-state index contributed by atoms with van der Waals surface area (Å²) in [7, 11) is 0. The standard InChI is InChI=1S/C16H16FNO3/c1-10-6-11(2)16(12(3)7-10)21-9-13-8-14(18(19)20)4-5-15(13)17/h4-8H,9H2,1-3H3. The van der Waals surface area contributed by atoms with Crippen molar-refractivity contribution in [2.24, 2.45) is 0 Å². The first-order valence-electron chi connectivity index (χ1n) is 6.52. The fraction of sp³-hybridized carbons (Fsp3) is 0.250. The zero-order valence-electron chi connectivity index (χ0n) is 12.1. The number of non-ortho nitro benzene ring substituents is 1. The van der Waals surface area contributed by atoms with E-state index in [1.54, 1.807) is 0 Å². The molecule has 0 fully saturated rings. The van der Waals surface area contributed by atoms with Gasteiger partial charge in [-0.3, -0.25) is 10.1 Å². The minimum absolute atomic E-state index is 0.0434. The number of nitro groups is 1. The van der Waals surface area contributed by atoms with Gasteiger partial charge in [-0.25, -0.2) is 4.39 Å². The number of nitro benzene ring substituents is 1. The van der Waals surface area contributed by atoms with Crippen molar-refractivity contribution in [2.45, 2.75) is 27.4 Å². The first kappa shape index (κ1) is 15.0. The van der Waals surface area contributed by atoms with Gasteiger partial charge in [0.25, 0.3) is 5.69 Å². The Morgan fingerprint density at radius 3 is 2.33 bits per heavy atom. The van der Waals surface area contributed by atoms with Crippen LogP contribution in [0.15, 0.2) is 30.3 Å². The third-order valence-electron chi connectivity index (χ3n) is 3.22. The van der Waals surface area contributed by atoms with Gasteiger partial charge < -0.3 is 4.74 Å². The molecule has 0 radical (unpaired) electrons. The molecule has 21 heavy (non-hydrogen) atoms. The Balaban J connectivity index is 2.24. The third kappa shape index (κ3) is 3.37. The first-order valence-corrected chi connectivity index (χ1v) is 6.52. The van der Waals surface area contributed by atoms with Crippen LogP contribution in [-0.2, 0) is 6.61 Å². The molecule has 4 nitrogen and oxygen atoms in total. The Morgan fingerprint density at radius 2 is 1.76 bits per heavy atom. The predicted molar refractivity (Wildman–Crippen MR) is 78.0 cm³/mol. The lowest BCUT2D eigenvalue weighted by Crippen LogP contribution is -2.02. The molecule has 0 heterocycles. The highest BCUT2D eigenvalue weighted by Crippen LogP contribution is 2.26. The van der Waals surface area contributed by atoms with Gasteiger partial charge in [0.2, 0.25) is 0 Å². The van der Waals surface area contributed by atoms with Crippen molar-refractivity contribution in [3.63, 3.8) is 0 Å². The molecule has 0 bridgehead atoms. The summed E-state index contributed by atoms with van der Waals surface area (Å²) in [6.07, 6.45) is 0. The van der Waals surface area contributed by atoms with Gasteiger partial charge in [0, 0.05) is 17.7 Å². The molecule has 2 aromatic rings.